The SMILES string of the molecule is Cc1ccccc1OC[C@](C)(O)CO. The molecule has 0 aromatic heterocycles. The van der Waals surface area contributed by atoms with E-state index in [1.54, 1.807) is 0 Å². The van der Waals surface area contributed by atoms with E-state index in [1.807, 2.05) is 31.2 Å². The highest BCUT2D eigenvalue weighted by atomic mass is 16.5. The van der Waals surface area contributed by atoms with Gasteiger partial charge in [0.15, 0.2) is 0 Å². The summed E-state index contributed by atoms with van der Waals surface area (Å²) < 4.78 is 5.38. The Balaban J connectivity index is 2.58. The number of aliphatic hydroxyl groups excluding tert-OH is 1. The van der Waals surface area contributed by atoms with Crippen molar-refractivity contribution in [2.24, 2.45) is 0 Å². The molecular formula is C11H16O3. The second-order valence-electron chi connectivity index (χ2n) is 3.71. The number of hydrogen-bond donors (Lipinski definition) is 2. The zero-order chi connectivity index (χ0) is 10.6. The van der Waals surface area contributed by atoms with E-state index < -0.39 is 5.60 Å². The third-order valence-corrected chi connectivity index (χ3v) is 1.97. The summed E-state index contributed by atoms with van der Waals surface area (Å²) in [5.41, 5.74) is -0.163. The van der Waals surface area contributed by atoms with E-state index in [4.69, 9.17) is 9.84 Å². The smallest absolute Gasteiger partial charge is 0.122 e. The summed E-state index contributed by atoms with van der Waals surface area (Å²) in [4.78, 5) is 0. The van der Waals surface area contributed by atoms with Crippen molar-refractivity contribution in [1.29, 1.82) is 0 Å². The predicted molar refractivity (Wildman–Crippen MR) is 54.4 cm³/mol. The molecular weight excluding hydrogens is 180 g/mol. The van der Waals surface area contributed by atoms with Crippen molar-refractivity contribution in [3.63, 3.8) is 0 Å². The van der Waals surface area contributed by atoms with Gasteiger partial charge in [-0.05, 0) is 25.5 Å². The average molecular weight is 196 g/mol. The molecule has 0 bridgehead atoms. The van der Waals surface area contributed by atoms with Crippen LogP contribution in [0.15, 0.2) is 24.3 Å². The van der Waals surface area contributed by atoms with Crippen molar-refractivity contribution in [2.75, 3.05) is 13.2 Å². The number of aryl methyl sites for hydroxylation is 1. The van der Waals surface area contributed by atoms with Gasteiger partial charge in [-0.15, -0.1) is 0 Å². The van der Waals surface area contributed by atoms with Gasteiger partial charge in [0.2, 0.25) is 0 Å². The molecule has 0 heterocycles. The van der Waals surface area contributed by atoms with E-state index in [0.29, 0.717) is 0 Å². The van der Waals surface area contributed by atoms with E-state index in [1.165, 1.54) is 6.92 Å². The van der Waals surface area contributed by atoms with Gasteiger partial charge >= 0.3 is 0 Å². The van der Waals surface area contributed by atoms with Crippen molar-refractivity contribution in [3.05, 3.63) is 29.8 Å². The van der Waals surface area contributed by atoms with Crippen LogP contribution in [0, 0.1) is 6.92 Å². The maximum absolute atomic E-state index is 9.50. The van der Waals surface area contributed by atoms with Crippen LogP contribution in [-0.4, -0.2) is 29.0 Å². The molecule has 1 aromatic rings. The molecule has 0 aliphatic heterocycles. The largest absolute Gasteiger partial charge is 0.490 e. The van der Waals surface area contributed by atoms with Crippen LogP contribution in [0.4, 0.5) is 0 Å². The zero-order valence-corrected chi connectivity index (χ0v) is 8.53. The Morgan fingerprint density at radius 2 is 2.00 bits per heavy atom. The first-order valence-electron chi connectivity index (χ1n) is 4.57. The first-order valence-corrected chi connectivity index (χ1v) is 4.57. The molecule has 0 unspecified atom stereocenters. The second-order valence-corrected chi connectivity index (χ2v) is 3.71. The van der Waals surface area contributed by atoms with Gasteiger partial charge in [0.25, 0.3) is 0 Å². The third kappa shape index (κ3) is 3.01. The molecule has 0 radical (unpaired) electrons. The van der Waals surface area contributed by atoms with Gasteiger partial charge in [0.1, 0.15) is 18.0 Å². The van der Waals surface area contributed by atoms with Crippen molar-refractivity contribution in [2.45, 2.75) is 19.4 Å². The molecule has 78 valence electrons. The first kappa shape index (κ1) is 11.0. The summed E-state index contributed by atoms with van der Waals surface area (Å²) >= 11 is 0. The lowest BCUT2D eigenvalue weighted by Gasteiger charge is -2.21. The van der Waals surface area contributed by atoms with Crippen LogP contribution in [0.1, 0.15) is 12.5 Å². The summed E-state index contributed by atoms with van der Waals surface area (Å²) in [6, 6.07) is 7.56. The van der Waals surface area contributed by atoms with Crippen molar-refractivity contribution < 1.29 is 14.9 Å². The fourth-order valence-corrected chi connectivity index (χ4v) is 0.997. The normalized spacial score (nSPS) is 14.9. The Hall–Kier alpha value is -1.06. The number of hydrogen-bond acceptors (Lipinski definition) is 3. The summed E-state index contributed by atoms with van der Waals surface area (Å²) in [5, 5.41) is 18.3. The Morgan fingerprint density at radius 1 is 1.36 bits per heavy atom. The number of para-hydroxylation sites is 1. The Labute approximate surface area is 84.0 Å². The van der Waals surface area contributed by atoms with Gasteiger partial charge in [0, 0.05) is 0 Å². The fraction of sp³-hybridized carbons (Fsp3) is 0.455. The predicted octanol–water partition coefficient (Wildman–Crippen LogP) is 1.12. The molecule has 0 saturated carbocycles. The molecule has 1 aromatic carbocycles. The quantitative estimate of drug-likeness (QED) is 0.758. The molecule has 0 amide bonds. The molecule has 2 N–H and O–H groups in total. The Kier molecular flexibility index (Phi) is 3.49. The van der Waals surface area contributed by atoms with Crippen LogP contribution in [-0.2, 0) is 0 Å². The van der Waals surface area contributed by atoms with Gasteiger partial charge in [-0.2, -0.15) is 0 Å². The highest BCUT2D eigenvalue weighted by Gasteiger charge is 2.20. The van der Waals surface area contributed by atoms with Crippen LogP contribution in [0.3, 0.4) is 0 Å². The Morgan fingerprint density at radius 3 is 2.57 bits per heavy atom. The minimum absolute atomic E-state index is 0.0916. The van der Waals surface area contributed by atoms with Gasteiger partial charge < -0.3 is 14.9 Å². The summed E-state index contributed by atoms with van der Waals surface area (Å²) in [7, 11) is 0. The summed E-state index contributed by atoms with van der Waals surface area (Å²) in [6.07, 6.45) is 0. The lowest BCUT2D eigenvalue weighted by molar-refractivity contribution is -0.0326. The molecule has 0 saturated heterocycles. The fourth-order valence-electron chi connectivity index (χ4n) is 0.997. The molecule has 14 heavy (non-hydrogen) atoms. The summed E-state index contributed by atoms with van der Waals surface area (Å²) in [5.74, 6) is 0.737. The topological polar surface area (TPSA) is 49.7 Å². The average Bonchev–Trinajstić information content (AvgIpc) is 2.17. The van der Waals surface area contributed by atoms with E-state index >= 15 is 0 Å². The Bertz CT molecular complexity index is 294. The molecule has 1 atom stereocenters. The lowest BCUT2D eigenvalue weighted by atomic mass is 10.1. The third-order valence-electron chi connectivity index (χ3n) is 1.97. The lowest BCUT2D eigenvalue weighted by Crippen LogP contribution is -2.36. The number of rotatable bonds is 4. The molecule has 0 fully saturated rings. The van der Waals surface area contributed by atoms with E-state index in [0.717, 1.165) is 11.3 Å². The molecule has 3 heteroatoms. The summed E-state index contributed by atoms with van der Waals surface area (Å²) in [6.45, 7) is 3.25. The molecule has 3 nitrogen and oxygen atoms in total. The van der Waals surface area contributed by atoms with Crippen molar-refractivity contribution in [1.82, 2.24) is 0 Å². The van der Waals surface area contributed by atoms with Crippen LogP contribution in [0.25, 0.3) is 0 Å². The van der Waals surface area contributed by atoms with Crippen LogP contribution < -0.4 is 4.74 Å². The van der Waals surface area contributed by atoms with Crippen LogP contribution in [0.5, 0.6) is 5.75 Å². The number of aliphatic hydroxyl groups is 2. The number of benzene rings is 1. The second kappa shape index (κ2) is 4.44. The highest BCUT2D eigenvalue weighted by Crippen LogP contribution is 2.17. The minimum atomic E-state index is -1.18. The van der Waals surface area contributed by atoms with Crippen molar-refractivity contribution >= 4 is 0 Å². The first-order chi connectivity index (χ1) is 6.55. The highest BCUT2D eigenvalue weighted by molar-refractivity contribution is 5.31. The molecule has 0 aliphatic rings. The maximum Gasteiger partial charge on any atom is 0.122 e. The van der Waals surface area contributed by atoms with E-state index in [-0.39, 0.29) is 13.2 Å². The van der Waals surface area contributed by atoms with Gasteiger partial charge in [-0.25, -0.2) is 0 Å². The van der Waals surface area contributed by atoms with Crippen LogP contribution in [0.2, 0.25) is 0 Å². The van der Waals surface area contributed by atoms with Crippen molar-refractivity contribution in [3.8, 4) is 5.75 Å². The molecule has 0 aliphatic carbocycles. The van der Waals surface area contributed by atoms with Crippen LogP contribution >= 0.6 is 0 Å². The maximum atomic E-state index is 9.50. The van der Waals surface area contributed by atoms with Gasteiger partial charge in [-0.1, -0.05) is 18.2 Å². The zero-order valence-electron chi connectivity index (χ0n) is 8.53. The van der Waals surface area contributed by atoms with E-state index in [2.05, 4.69) is 0 Å². The molecule has 0 spiro atoms. The number of ether oxygens (including phenoxy) is 1. The minimum Gasteiger partial charge on any atom is -0.490 e. The molecule has 1 rings (SSSR count). The standard InChI is InChI=1S/C11H16O3/c1-9-5-3-4-6-10(9)14-8-11(2,13)7-12/h3-6,12-13H,7-8H2,1-2H3/t11-/m1/s1. The van der Waals surface area contributed by atoms with E-state index in [9.17, 15) is 5.11 Å². The van der Waals surface area contributed by atoms with Gasteiger partial charge in [-0.3, -0.25) is 0 Å². The monoisotopic (exact) mass is 196 g/mol. The van der Waals surface area contributed by atoms with Gasteiger partial charge in [0.05, 0.1) is 6.61 Å².